The van der Waals surface area contributed by atoms with Crippen LogP contribution in [-0.2, 0) is 16.0 Å². The molecule has 0 aliphatic rings. The van der Waals surface area contributed by atoms with Gasteiger partial charge in [-0.15, -0.1) is 0 Å². The van der Waals surface area contributed by atoms with Crippen molar-refractivity contribution in [1.29, 1.82) is 0 Å². The number of hydrogen-bond donors (Lipinski definition) is 5. The number of phenols is 1. The standard InChI is InChI=1S/C9H11NO3.C5H11NO2/c10-8(9(12)13)5-6-1-3-7(11)4-2-6;1-3(2)4(6)5(7)8/h1-4,8,11H,5,10H2,(H,12,13);3-4H,6H2,1-2H3,(H,7,8)/t8-;4-/m00/s1. The van der Waals surface area contributed by atoms with Crippen LogP contribution in [0.1, 0.15) is 19.4 Å². The number of rotatable bonds is 5. The summed E-state index contributed by atoms with van der Waals surface area (Å²) in [5.74, 6) is -1.77. The molecule has 0 radical (unpaired) electrons. The Morgan fingerprint density at radius 2 is 1.52 bits per heavy atom. The van der Waals surface area contributed by atoms with Gasteiger partial charge >= 0.3 is 11.9 Å². The van der Waals surface area contributed by atoms with Gasteiger partial charge in [-0.05, 0) is 30.0 Å². The van der Waals surface area contributed by atoms with Gasteiger partial charge in [0, 0.05) is 0 Å². The average molecular weight is 298 g/mol. The minimum Gasteiger partial charge on any atom is -0.508 e. The summed E-state index contributed by atoms with van der Waals surface area (Å²) in [6.45, 7) is 3.55. The molecule has 21 heavy (non-hydrogen) atoms. The van der Waals surface area contributed by atoms with Gasteiger partial charge in [0.15, 0.2) is 0 Å². The smallest absolute Gasteiger partial charge is 0.320 e. The SMILES string of the molecule is CC(C)[C@H](N)C(=O)O.N[C@@H](Cc1ccc(O)cc1)C(=O)O. The van der Waals surface area contributed by atoms with E-state index in [1.165, 1.54) is 12.1 Å². The van der Waals surface area contributed by atoms with E-state index in [0.29, 0.717) is 0 Å². The first-order valence-electron chi connectivity index (χ1n) is 6.39. The minimum atomic E-state index is -1.02. The molecule has 0 amide bonds. The van der Waals surface area contributed by atoms with Crippen LogP contribution in [0, 0.1) is 5.92 Å². The first-order chi connectivity index (χ1) is 9.65. The molecule has 1 aromatic carbocycles. The lowest BCUT2D eigenvalue weighted by Gasteiger charge is -2.07. The van der Waals surface area contributed by atoms with E-state index >= 15 is 0 Å². The second-order valence-corrected chi connectivity index (χ2v) is 4.92. The number of carboxylic acids is 2. The molecule has 0 saturated heterocycles. The Labute approximate surface area is 123 Å². The van der Waals surface area contributed by atoms with Gasteiger partial charge in [-0.1, -0.05) is 26.0 Å². The number of aromatic hydroxyl groups is 1. The molecule has 0 aliphatic heterocycles. The van der Waals surface area contributed by atoms with E-state index in [4.69, 9.17) is 26.8 Å². The molecule has 7 N–H and O–H groups in total. The van der Waals surface area contributed by atoms with Crippen LogP contribution in [0.15, 0.2) is 24.3 Å². The number of phenolic OH excluding ortho intramolecular Hbond substituents is 1. The zero-order chi connectivity index (χ0) is 16.6. The second-order valence-electron chi connectivity index (χ2n) is 4.92. The van der Waals surface area contributed by atoms with Crippen molar-refractivity contribution in [2.75, 3.05) is 0 Å². The normalized spacial score (nSPS) is 13.0. The number of carbonyl (C=O) groups is 2. The van der Waals surface area contributed by atoms with Gasteiger partial charge in [-0.25, -0.2) is 0 Å². The monoisotopic (exact) mass is 298 g/mol. The molecule has 118 valence electrons. The first-order valence-corrected chi connectivity index (χ1v) is 6.39. The van der Waals surface area contributed by atoms with Crippen molar-refractivity contribution >= 4 is 11.9 Å². The van der Waals surface area contributed by atoms with Gasteiger partial charge in [-0.3, -0.25) is 9.59 Å². The van der Waals surface area contributed by atoms with E-state index in [-0.39, 0.29) is 18.1 Å². The number of benzene rings is 1. The highest BCUT2D eigenvalue weighted by Gasteiger charge is 2.14. The van der Waals surface area contributed by atoms with E-state index in [0.717, 1.165) is 5.56 Å². The zero-order valence-electron chi connectivity index (χ0n) is 12.1. The van der Waals surface area contributed by atoms with Crippen LogP contribution in [0.5, 0.6) is 5.75 Å². The number of aliphatic carboxylic acids is 2. The highest BCUT2D eigenvalue weighted by molar-refractivity contribution is 5.73. The highest BCUT2D eigenvalue weighted by atomic mass is 16.4. The van der Waals surface area contributed by atoms with Crippen LogP contribution in [0.3, 0.4) is 0 Å². The Morgan fingerprint density at radius 1 is 1.05 bits per heavy atom. The lowest BCUT2D eigenvalue weighted by atomic mass is 10.1. The van der Waals surface area contributed by atoms with E-state index in [2.05, 4.69) is 0 Å². The molecule has 0 unspecified atom stereocenters. The topological polar surface area (TPSA) is 147 Å². The number of nitrogens with two attached hydrogens (primary N) is 2. The molecule has 0 spiro atoms. The third kappa shape index (κ3) is 7.91. The van der Waals surface area contributed by atoms with Crippen molar-refractivity contribution in [1.82, 2.24) is 0 Å². The molecule has 0 saturated carbocycles. The Hall–Kier alpha value is -2.12. The van der Waals surface area contributed by atoms with Crippen molar-refractivity contribution in [2.45, 2.75) is 32.4 Å². The van der Waals surface area contributed by atoms with Crippen molar-refractivity contribution in [2.24, 2.45) is 17.4 Å². The van der Waals surface area contributed by atoms with Crippen LogP contribution in [-0.4, -0.2) is 39.3 Å². The quantitative estimate of drug-likeness (QED) is 0.528. The molecule has 0 aliphatic carbocycles. The molecular formula is C14H22N2O5. The van der Waals surface area contributed by atoms with Crippen molar-refractivity contribution in [3.63, 3.8) is 0 Å². The van der Waals surface area contributed by atoms with Gasteiger partial charge in [-0.2, -0.15) is 0 Å². The molecular weight excluding hydrogens is 276 g/mol. The van der Waals surface area contributed by atoms with E-state index in [9.17, 15) is 9.59 Å². The summed E-state index contributed by atoms with van der Waals surface area (Å²) in [7, 11) is 0. The maximum atomic E-state index is 10.4. The largest absolute Gasteiger partial charge is 0.508 e. The van der Waals surface area contributed by atoms with Crippen molar-refractivity contribution in [3.05, 3.63) is 29.8 Å². The van der Waals surface area contributed by atoms with Crippen LogP contribution in [0.25, 0.3) is 0 Å². The Balaban J connectivity index is 0.000000433. The van der Waals surface area contributed by atoms with Crippen molar-refractivity contribution < 1.29 is 24.9 Å². The fraction of sp³-hybridized carbons (Fsp3) is 0.429. The lowest BCUT2D eigenvalue weighted by molar-refractivity contribution is -0.140. The highest BCUT2D eigenvalue weighted by Crippen LogP contribution is 2.10. The summed E-state index contributed by atoms with van der Waals surface area (Å²) in [4.78, 5) is 20.4. The third-order valence-corrected chi connectivity index (χ3v) is 2.71. The molecule has 1 aromatic rings. The molecule has 0 fully saturated rings. The Kier molecular flexibility index (Phi) is 8.03. The zero-order valence-corrected chi connectivity index (χ0v) is 12.1. The second kappa shape index (κ2) is 8.93. The molecule has 1 rings (SSSR count). The maximum absolute atomic E-state index is 10.4. The molecule has 2 atom stereocenters. The number of hydrogen-bond acceptors (Lipinski definition) is 5. The van der Waals surface area contributed by atoms with Gasteiger partial charge in [0.1, 0.15) is 17.8 Å². The van der Waals surface area contributed by atoms with Gasteiger partial charge < -0.3 is 26.8 Å². The van der Waals surface area contributed by atoms with Crippen LogP contribution in [0.2, 0.25) is 0 Å². The van der Waals surface area contributed by atoms with Crippen LogP contribution >= 0.6 is 0 Å². The summed E-state index contributed by atoms with van der Waals surface area (Å²) >= 11 is 0. The fourth-order valence-corrected chi connectivity index (χ4v) is 1.26. The minimum absolute atomic E-state index is 0.0208. The lowest BCUT2D eigenvalue weighted by Crippen LogP contribution is -2.34. The summed E-state index contributed by atoms with van der Waals surface area (Å²) in [6, 6.07) is 4.71. The molecule has 0 heterocycles. The summed E-state index contributed by atoms with van der Waals surface area (Å²) in [5, 5.41) is 25.7. The average Bonchev–Trinajstić information content (AvgIpc) is 2.40. The fourth-order valence-electron chi connectivity index (χ4n) is 1.26. The summed E-state index contributed by atoms with van der Waals surface area (Å²) in [6.07, 6.45) is 0.273. The number of carboxylic acid groups (broad SMARTS) is 2. The van der Waals surface area contributed by atoms with Gasteiger partial charge in [0.05, 0.1) is 0 Å². The predicted molar refractivity (Wildman–Crippen MR) is 77.9 cm³/mol. The summed E-state index contributed by atoms with van der Waals surface area (Å²) in [5.41, 5.74) is 11.3. The van der Waals surface area contributed by atoms with Crippen molar-refractivity contribution in [3.8, 4) is 5.75 Å². The van der Waals surface area contributed by atoms with Crippen LogP contribution in [0.4, 0.5) is 0 Å². The van der Waals surface area contributed by atoms with Gasteiger partial charge in [0.2, 0.25) is 0 Å². The maximum Gasteiger partial charge on any atom is 0.320 e. The van der Waals surface area contributed by atoms with Gasteiger partial charge in [0.25, 0.3) is 0 Å². The van der Waals surface area contributed by atoms with Crippen LogP contribution < -0.4 is 11.5 Å². The predicted octanol–water partition coefficient (Wildman–Crippen LogP) is 0.401. The third-order valence-electron chi connectivity index (χ3n) is 2.71. The van der Waals surface area contributed by atoms with E-state index in [1.54, 1.807) is 26.0 Å². The molecule has 0 bridgehead atoms. The Morgan fingerprint density at radius 3 is 1.81 bits per heavy atom. The molecule has 7 heteroatoms. The van der Waals surface area contributed by atoms with E-state index < -0.39 is 24.0 Å². The Bertz CT molecular complexity index is 459. The summed E-state index contributed by atoms with van der Waals surface area (Å²) < 4.78 is 0. The van der Waals surface area contributed by atoms with E-state index in [1.807, 2.05) is 0 Å². The first kappa shape index (κ1) is 18.9. The molecule has 0 aromatic heterocycles. The molecule has 7 nitrogen and oxygen atoms in total.